The molecule has 0 radical (unpaired) electrons. The predicted octanol–water partition coefficient (Wildman–Crippen LogP) is 3.97. The summed E-state index contributed by atoms with van der Waals surface area (Å²) in [6.07, 6.45) is 5.24. The number of rotatable bonds is 2. The smallest absolute Gasteiger partial charge is 0.231 e. The Bertz CT molecular complexity index is 893. The molecule has 5 rings (SSSR count). The van der Waals surface area contributed by atoms with Crippen LogP contribution in [-0.4, -0.2) is 19.4 Å². The molecule has 26 heavy (non-hydrogen) atoms. The van der Waals surface area contributed by atoms with Crippen LogP contribution >= 0.6 is 0 Å². The highest BCUT2D eigenvalue weighted by Crippen LogP contribution is 2.40. The molecular formula is C21H16O5. The van der Waals surface area contributed by atoms with Gasteiger partial charge in [-0.2, -0.15) is 0 Å². The maximum Gasteiger partial charge on any atom is 0.231 e. The summed E-state index contributed by atoms with van der Waals surface area (Å²) in [5.41, 5.74) is 3.32. The maximum absolute atomic E-state index is 12.8. The molecule has 3 aliphatic rings. The molecule has 2 aliphatic heterocycles. The minimum absolute atomic E-state index is 0.0676. The highest BCUT2D eigenvalue weighted by Gasteiger charge is 2.26. The average Bonchev–Trinajstić information content (AvgIpc) is 3.38. The summed E-state index contributed by atoms with van der Waals surface area (Å²) in [4.78, 5) is 12.8. The van der Waals surface area contributed by atoms with E-state index < -0.39 is 0 Å². The van der Waals surface area contributed by atoms with Gasteiger partial charge in [-0.25, -0.2) is 0 Å². The third-order valence-corrected chi connectivity index (χ3v) is 4.76. The van der Waals surface area contributed by atoms with E-state index in [4.69, 9.17) is 18.9 Å². The minimum Gasteiger partial charge on any atom is -0.454 e. The van der Waals surface area contributed by atoms with Crippen LogP contribution in [0.3, 0.4) is 0 Å². The largest absolute Gasteiger partial charge is 0.454 e. The molecule has 0 N–H and O–H groups in total. The fraction of sp³-hybridized carbons (Fsp3) is 0.190. The number of Topliss-reactive ketones (excluding diaryl/α,β-unsaturated/α-hetero) is 1. The van der Waals surface area contributed by atoms with Gasteiger partial charge < -0.3 is 18.9 Å². The summed E-state index contributed by atoms with van der Waals surface area (Å²) < 4.78 is 21.8. The molecule has 0 saturated heterocycles. The molecule has 2 aromatic rings. The lowest BCUT2D eigenvalue weighted by atomic mass is 10.1. The van der Waals surface area contributed by atoms with Gasteiger partial charge in [-0.05, 0) is 37.1 Å². The highest BCUT2D eigenvalue weighted by molar-refractivity contribution is 6.15. The fourth-order valence-corrected chi connectivity index (χ4v) is 3.49. The summed E-state index contributed by atoms with van der Waals surface area (Å²) in [5, 5.41) is 0. The Labute approximate surface area is 150 Å². The van der Waals surface area contributed by atoms with Crippen LogP contribution in [0.15, 0.2) is 47.5 Å². The second-order valence-electron chi connectivity index (χ2n) is 6.33. The number of ketones is 1. The van der Waals surface area contributed by atoms with E-state index in [1.165, 1.54) is 0 Å². The first kappa shape index (κ1) is 15.1. The molecule has 0 spiro atoms. The van der Waals surface area contributed by atoms with Crippen LogP contribution in [-0.2, 0) is 4.79 Å². The van der Waals surface area contributed by atoms with Gasteiger partial charge in [-0.3, -0.25) is 4.79 Å². The molecule has 1 fully saturated rings. The molecule has 2 heterocycles. The molecule has 0 unspecified atom stereocenters. The third-order valence-electron chi connectivity index (χ3n) is 4.76. The lowest BCUT2D eigenvalue weighted by molar-refractivity contribution is -0.111. The lowest BCUT2D eigenvalue weighted by Crippen LogP contribution is -1.97. The molecule has 0 atom stereocenters. The van der Waals surface area contributed by atoms with Gasteiger partial charge in [-0.1, -0.05) is 24.3 Å². The molecule has 2 aromatic carbocycles. The first-order valence-corrected chi connectivity index (χ1v) is 8.53. The first-order valence-electron chi connectivity index (χ1n) is 8.53. The lowest BCUT2D eigenvalue weighted by Gasteiger charge is -2.03. The van der Waals surface area contributed by atoms with Crippen LogP contribution < -0.4 is 18.9 Å². The van der Waals surface area contributed by atoms with Gasteiger partial charge >= 0.3 is 0 Å². The number of carbonyl (C=O) groups excluding carboxylic acids is 1. The van der Waals surface area contributed by atoms with E-state index in [9.17, 15) is 4.79 Å². The van der Waals surface area contributed by atoms with Gasteiger partial charge in [-0.15, -0.1) is 0 Å². The molecule has 0 amide bonds. The number of ether oxygens (including phenoxy) is 4. The first-order chi connectivity index (χ1) is 12.8. The van der Waals surface area contributed by atoms with Crippen LogP contribution in [0.5, 0.6) is 23.0 Å². The van der Waals surface area contributed by atoms with Crippen molar-refractivity contribution in [2.45, 2.75) is 12.8 Å². The Morgan fingerprint density at radius 1 is 0.692 bits per heavy atom. The van der Waals surface area contributed by atoms with Crippen LogP contribution in [0.4, 0.5) is 0 Å². The number of carbonyl (C=O) groups is 1. The highest BCUT2D eigenvalue weighted by atomic mass is 16.7. The predicted molar refractivity (Wildman–Crippen MR) is 95.3 cm³/mol. The second-order valence-corrected chi connectivity index (χ2v) is 6.33. The molecule has 5 nitrogen and oxygen atoms in total. The number of hydrogen-bond acceptors (Lipinski definition) is 5. The number of benzene rings is 2. The van der Waals surface area contributed by atoms with E-state index in [1.807, 2.05) is 48.6 Å². The molecule has 0 bridgehead atoms. The van der Waals surface area contributed by atoms with Crippen LogP contribution in [0.25, 0.3) is 12.2 Å². The summed E-state index contributed by atoms with van der Waals surface area (Å²) in [5.74, 6) is 2.92. The van der Waals surface area contributed by atoms with Crippen molar-refractivity contribution in [2.24, 2.45) is 0 Å². The van der Waals surface area contributed by atoms with Crippen LogP contribution in [0.1, 0.15) is 24.0 Å². The van der Waals surface area contributed by atoms with Gasteiger partial charge in [0.05, 0.1) is 0 Å². The van der Waals surface area contributed by atoms with Crippen molar-refractivity contribution >= 4 is 17.9 Å². The van der Waals surface area contributed by atoms with Gasteiger partial charge in [0.25, 0.3) is 0 Å². The van der Waals surface area contributed by atoms with Crippen molar-refractivity contribution in [2.75, 3.05) is 13.6 Å². The van der Waals surface area contributed by atoms with E-state index in [0.29, 0.717) is 24.3 Å². The van der Waals surface area contributed by atoms with Gasteiger partial charge in [0.2, 0.25) is 13.6 Å². The van der Waals surface area contributed by atoms with Crippen molar-refractivity contribution in [3.63, 3.8) is 0 Å². The Hall–Kier alpha value is -3.21. The van der Waals surface area contributed by atoms with Gasteiger partial charge in [0.1, 0.15) is 0 Å². The standard InChI is InChI=1S/C21H16O5/c22-19-13(9-15-3-1-5-17-20(15)25-11-23-17)7-8-14(19)10-16-4-2-6-18-21(16)26-12-24-18/h1-6,9-10H,7-8,11-12H2. The Kier molecular flexibility index (Phi) is 3.45. The fourth-order valence-electron chi connectivity index (χ4n) is 3.49. The van der Waals surface area contributed by atoms with Crippen molar-refractivity contribution in [3.8, 4) is 23.0 Å². The van der Waals surface area contributed by atoms with Gasteiger partial charge in [0.15, 0.2) is 28.8 Å². The summed E-state index contributed by atoms with van der Waals surface area (Å²) in [6.45, 7) is 0.436. The Balaban J connectivity index is 1.46. The van der Waals surface area contributed by atoms with Crippen molar-refractivity contribution in [3.05, 3.63) is 58.7 Å². The summed E-state index contributed by atoms with van der Waals surface area (Å²) >= 11 is 0. The van der Waals surface area contributed by atoms with Crippen molar-refractivity contribution in [1.29, 1.82) is 0 Å². The molecule has 5 heteroatoms. The molecular weight excluding hydrogens is 332 g/mol. The zero-order valence-corrected chi connectivity index (χ0v) is 14.0. The van der Waals surface area contributed by atoms with Crippen molar-refractivity contribution < 1.29 is 23.7 Å². The number of allylic oxidation sites excluding steroid dienone is 2. The number of para-hydroxylation sites is 2. The zero-order chi connectivity index (χ0) is 17.5. The number of hydrogen-bond donors (Lipinski definition) is 0. The summed E-state index contributed by atoms with van der Waals surface area (Å²) in [6, 6.07) is 11.4. The minimum atomic E-state index is 0.0676. The monoisotopic (exact) mass is 348 g/mol. The van der Waals surface area contributed by atoms with Crippen LogP contribution in [0, 0.1) is 0 Å². The quantitative estimate of drug-likeness (QED) is 0.769. The third kappa shape index (κ3) is 2.44. The average molecular weight is 348 g/mol. The second kappa shape index (κ2) is 5.95. The zero-order valence-electron chi connectivity index (χ0n) is 14.0. The molecule has 130 valence electrons. The van der Waals surface area contributed by atoms with E-state index in [2.05, 4.69) is 0 Å². The maximum atomic E-state index is 12.8. The molecule has 1 saturated carbocycles. The Morgan fingerprint density at radius 2 is 1.19 bits per heavy atom. The Morgan fingerprint density at radius 3 is 1.69 bits per heavy atom. The topological polar surface area (TPSA) is 54.0 Å². The van der Waals surface area contributed by atoms with Crippen LogP contribution in [0.2, 0.25) is 0 Å². The van der Waals surface area contributed by atoms with E-state index in [0.717, 1.165) is 33.8 Å². The van der Waals surface area contributed by atoms with Gasteiger partial charge in [0, 0.05) is 22.3 Å². The van der Waals surface area contributed by atoms with E-state index >= 15 is 0 Å². The summed E-state index contributed by atoms with van der Waals surface area (Å²) in [7, 11) is 0. The van der Waals surface area contributed by atoms with Crippen molar-refractivity contribution in [1.82, 2.24) is 0 Å². The number of fused-ring (bicyclic) bond motifs is 2. The molecule has 0 aromatic heterocycles. The van der Waals surface area contributed by atoms with E-state index in [-0.39, 0.29) is 19.4 Å². The SMILES string of the molecule is O=C1C(=Cc2cccc3c2OCO3)CCC1=Cc1cccc2c1OCO2. The molecule has 1 aliphatic carbocycles. The normalized spacial score (nSPS) is 20.4. The van der Waals surface area contributed by atoms with E-state index in [1.54, 1.807) is 0 Å².